The average Bonchev–Trinajstić information content (AvgIpc) is 2.53. The number of rotatable bonds is 1. The van der Waals surface area contributed by atoms with Crippen LogP contribution in [0.25, 0.3) is 32.9 Å². The van der Waals surface area contributed by atoms with Crippen molar-refractivity contribution in [3.63, 3.8) is 0 Å². The molecule has 0 bridgehead atoms. The molecule has 2 aromatic heterocycles. The minimum Gasteiger partial charge on any atom is -0.253 e. The summed E-state index contributed by atoms with van der Waals surface area (Å²) in [7, 11) is 0. The Kier molecular flexibility index (Phi) is 2.90. The van der Waals surface area contributed by atoms with Crippen LogP contribution >= 0.6 is 0 Å². The summed E-state index contributed by atoms with van der Waals surface area (Å²) >= 11 is 0. The normalized spacial score (nSPS) is 11.2. The molecule has 0 saturated heterocycles. The molecule has 0 aliphatic rings. The van der Waals surface area contributed by atoms with E-state index in [1.54, 1.807) is 0 Å². The van der Waals surface area contributed by atoms with E-state index in [-0.39, 0.29) is 0 Å². The predicted octanol–water partition coefficient (Wildman–Crippen LogP) is 5.07. The maximum atomic E-state index is 4.65. The largest absolute Gasteiger partial charge is 0.253 e. The zero-order valence-corrected chi connectivity index (χ0v) is 12.7. The SMILES string of the molecule is Cc1cc(-c2cc(C)nc3ccccc23)c2ccccc2n1. The van der Waals surface area contributed by atoms with Crippen molar-refractivity contribution in [2.75, 3.05) is 0 Å². The molecule has 22 heavy (non-hydrogen) atoms. The van der Waals surface area contributed by atoms with Crippen LogP contribution in [0, 0.1) is 13.8 Å². The zero-order valence-electron chi connectivity index (χ0n) is 12.7. The number of nitrogens with zero attached hydrogens (tertiary/aromatic N) is 2. The highest BCUT2D eigenvalue weighted by Gasteiger charge is 2.10. The highest BCUT2D eigenvalue weighted by molar-refractivity contribution is 6.03. The highest BCUT2D eigenvalue weighted by Crippen LogP contribution is 2.33. The third-order valence-electron chi connectivity index (χ3n) is 3.98. The number of aryl methyl sites for hydroxylation is 2. The van der Waals surface area contributed by atoms with Crippen LogP contribution in [0.5, 0.6) is 0 Å². The van der Waals surface area contributed by atoms with E-state index in [0.29, 0.717) is 0 Å². The number of para-hydroxylation sites is 2. The molecular formula is C20H16N2. The van der Waals surface area contributed by atoms with Gasteiger partial charge in [-0.25, -0.2) is 0 Å². The Bertz CT molecular complexity index is 920. The Labute approximate surface area is 129 Å². The molecular weight excluding hydrogens is 268 g/mol. The van der Waals surface area contributed by atoms with E-state index in [1.807, 2.05) is 26.0 Å². The van der Waals surface area contributed by atoms with Gasteiger partial charge < -0.3 is 0 Å². The van der Waals surface area contributed by atoms with Crippen molar-refractivity contribution in [2.24, 2.45) is 0 Å². The van der Waals surface area contributed by atoms with Gasteiger partial charge in [-0.05, 0) is 49.2 Å². The van der Waals surface area contributed by atoms with E-state index in [0.717, 1.165) is 22.4 Å². The Balaban J connectivity index is 2.16. The van der Waals surface area contributed by atoms with E-state index < -0.39 is 0 Å². The van der Waals surface area contributed by atoms with Crippen molar-refractivity contribution >= 4 is 21.8 Å². The molecule has 4 rings (SSSR count). The molecule has 4 aromatic rings. The maximum Gasteiger partial charge on any atom is 0.0711 e. The lowest BCUT2D eigenvalue weighted by atomic mass is 9.96. The number of fused-ring (bicyclic) bond motifs is 2. The molecule has 0 spiro atoms. The van der Waals surface area contributed by atoms with E-state index in [9.17, 15) is 0 Å². The summed E-state index contributed by atoms with van der Waals surface area (Å²) in [6, 6.07) is 21.0. The van der Waals surface area contributed by atoms with Crippen LogP contribution in [0.1, 0.15) is 11.4 Å². The number of hydrogen-bond donors (Lipinski definition) is 0. The fourth-order valence-corrected chi connectivity index (χ4v) is 3.06. The van der Waals surface area contributed by atoms with Crippen LogP contribution in [0.3, 0.4) is 0 Å². The lowest BCUT2D eigenvalue weighted by Gasteiger charge is -2.12. The van der Waals surface area contributed by atoms with Gasteiger partial charge in [0, 0.05) is 22.2 Å². The summed E-state index contributed by atoms with van der Waals surface area (Å²) < 4.78 is 0. The van der Waals surface area contributed by atoms with Gasteiger partial charge in [0.25, 0.3) is 0 Å². The van der Waals surface area contributed by atoms with Crippen molar-refractivity contribution in [3.05, 3.63) is 72.1 Å². The maximum absolute atomic E-state index is 4.65. The molecule has 0 amide bonds. The number of pyridine rings is 2. The van der Waals surface area contributed by atoms with Gasteiger partial charge in [-0.3, -0.25) is 9.97 Å². The molecule has 0 atom stereocenters. The topological polar surface area (TPSA) is 25.8 Å². The molecule has 2 heterocycles. The second-order valence-corrected chi connectivity index (χ2v) is 5.66. The first-order valence-electron chi connectivity index (χ1n) is 7.45. The third kappa shape index (κ3) is 2.04. The molecule has 106 valence electrons. The quantitative estimate of drug-likeness (QED) is 0.488. The van der Waals surface area contributed by atoms with Gasteiger partial charge in [-0.2, -0.15) is 0 Å². The molecule has 2 heteroatoms. The monoisotopic (exact) mass is 284 g/mol. The number of aromatic nitrogens is 2. The lowest BCUT2D eigenvalue weighted by Crippen LogP contribution is -1.92. The third-order valence-corrected chi connectivity index (χ3v) is 3.98. The summed E-state index contributed by atoms with van der Waals surface area (Å²) in [5, 5.41) is 2.37. The summed E-state index contributed by atoms with van der Waals surface area (Å²) in [5.74, 6) is 0. The molecule has 0 fully saturated rings. The van der Waals surface area contributed by atoms with E-state index in [4.69, 9.17) is 0 Å². The lowest BCUT2D eigenvalue weighted by molar-refractivity contribution is 1.24. The second kappa shape index (κ2) is 4.92. The minimum atomic E-state index is 1.03. The molecule has 2 aromatic carbocycles. The first kappa shape index (κ1) is 13.0. The first-order chi connectivity index (χ1) is 10.7. The minimum absolute atomic E-state index is 1.03. The van der Waals surface area contributed by atoms with Crippen molar-refractivity contribution in [1.29, 1.82) is 0 Å². The fraction of sp³-hybridized carbons (Fsp3) is 0.100. The van der Waals surface area contributed by atoms with E-state index in [2.05, 4.69) is 58.5 Å². The summed E-state index contributed by atoms with van der Waals surface area (Å²) in [5.41, 5.74) is 6.60. The molecule has 0 aliphatic heterocycles. The van der Waals surface area contributed by atoms with Gasteiger partial charge in [-0.15, -0.1) is 0 Å². The number of benzene rings is 2. The van der Waals surface area contributed by atoms with Crippen LogP contribution in [-0.2, 0) is 0 Å². The van der Waals surface area contributed by atoms with Gasteiger partial charge in [0.2, 0.25) is 0 Å². The van der Waals surface area contributed by atoms with Crippen LogP contribution < -0.4 is 0 Å². The predicted molar refractivity (Wildman–Crippen MR) is 92.0 cm³/mol. The molecule has 0 unspecified atom stereocenters. The fourth-order valence-electron chi connectivity index (χ4n) is 3.06. The Hall–Kier alpha value is -2.74. The van der Waals surface area contributed by atoms with Gasteiger partial charge in [-0.1, -0.05) is 36.4 Å². The molecule has 0 aliphatic carbocycles. The average molecular weight is 284 g/mol. The van der Waals surface area contributed by atoms with Crippen molar-refractivity contribution in [1.82, 2.24) is 9.97 Å². The second-order valence-electron chi connectivity index (χ2n) is 5.66. The standard InChI is InChI=1S/C20H16N2/c1-13-11-17(15-7-3-5-9-19(15)21-13)18-12-14(2)22-20-10-6-4-8-16(18)20/h3-12H,1-2H3. The van der Waals surface area contributed by atoms with Crippen molar-refractivity contribution in [3.8, 4) is 11.1 Å². The summed E-state index contributed by atoms with van der Waals surface area (Å²) in [4.78, 5) is 9.30. The van der Waals surface area contributed by atoms with Gasteiger partial charge in [0.05, 0.1) is 11.0 Å². The van der Waals surface area contributed by atoms with E-state index in [1.165, 1.54) is 21.9 Å². The molecule has 0 saturated carbocycles. The first-order valence-corrected chi connectivity index (χ1v) is 7.45. The Morgan fingerprint density at radius 2 is 1.00 bits per heavy atom. The Morgan fingerprint density at radius 1 is 0.591 bits per heavy atom. The molecule has 0 radical (unpaired) electrons. The van der Waals surface area contributed by atoms with E-state index >= 15 is 0 Å². The molecule has 0 N–H and O–H groups in total. The summed E-state index contributed by atoms with van der Waals surface area (Å²) in [6.07, 6.45) is 0. The summed E-state index contributed by atoms with van der Waals surface area (Å²) in [6.45, 7) is 4.10. The van der Waals surface area contributed by atoms with Gasteiger partial charge >= 0.3 is 0 Å². The smallest absolute Gasteiger partial charge is 0.0711 e. The highest BCUT2D eigenvalue weighted by atomic mass is 14.7. The van der Waals surface area contributed by atoms with Crippen LogP contribution in [0.2, 0.25) is 0 Å². The molecule has 2 nitrogen and oxygen atoms in total. The van der Waals surface area contributed by atoms with Crippen LogP contribution in [-0.4, -0.2) is 9.97 Å². The van der Waals surface area contributed by atoms with Crippen LogP contribution in [0.15, 0.2) is 60.7 Å². The zero-order chi connectivity index (χ0) is 15.1. The van der Waals surface area contributed by atoms with Crippen LogP contribution in [0.4, 0.5) is 0 Å². The van der Waals surface area contributed by atoms with Crippen molar-refractivity contribution < 1.29 is 0 Å². The Morgan fingerprint density at radius 3 is 1.45 bits per heavy atom. The van der Waals surface area contributed by atoms with Crippen molar-refractivity contribution in [2.45, 2.75) is 13.8 Å². The van der Waals surface area contributed by atoms with Gasteiger partial charge in [0.1, 0.15) is 0 Å². The number of hydrogen-bond acceptors (Lipinski definition) is 2. The van der Waals surface area contributed by atoms with Gasteiger partial charge in [0.15, 0.2) is 0 Å².